The van der Waals surface area contributed by atoms with Gasteiger partial charge in [-0.25, -0.2) is 4.98 Å². The summed E-state index contributed by atoms with van der Waals surface area (Å²) in [6, 6.07) is 27.2. The highest BCUT2D eigenvalue weighted by Crippen LogP contribution is 2.35. The van der Waals surface area contributed by atoms with E-state index >= 15 is 0 Å². The fraction of sp³-hybridized carbons (Fsp3) is 0.0870. The molecule has 1 atom stereocenters. The Hall–Kier alpha value is -3.38. The van der Waals surface area contributed by atoms with E-state index in [4.69, 9.17) is 0 Å². The molecule has 0 unspecified atom stereocenters. The second kappa shape index (κ2) is 8.75. The van der Waals surface area contributed by atoms with E-state index < -0.39 is 5.25 Å². The SMILES string of the molecule is Cc1ccc(NC(=O)[C@H](Sc2n[nH]c(-c3ccccc3)n2)c2ccccc2)cc1. The van der Waals surface area contributed by atoms with Crippen LogP contribution in [0.5, 0.6) is 0 Å². The average Bonchev–Trinajstić information content (AvgIpc) is 3.24. The van der Waals surface area contributed by atoms with Crippen molar-refractivity contribution in [2.45, 2.75) is 17.3 Å². The van der Waals surface area contributed by atoms with Crippen LogP contribution in [0.3, 0.4) is 0 Å². The number of benzene rings is 3. The van der Waals surface area contributed by atoms with Gasteiger partial charge in [-0.3, -0.25) is 9.89 Å². The van der Waals surface area contributed by atoms with E-state index in [0.29, 0.717) is 11.0 Å². The summed E-state index contributed by atoms with van der Waals surface area (Å²) in [5.41, 5.74) is 3.76. The van der Waals surface area contributed by atoms with Crippen molar-refractivity contribution < 1.29 is 4.79 Å². The number of nitrogens with zero attached hydrogens (tertiary/aromatic N) is 2. The molecule has 29 heavy (non-hydrogen) atoms. The van der Waals surface area contributed by atoms with Gasteiger partial charge in [-0.15, -0.1) is 5.10 Å². The number of hydrogen-bond donors (Lipinski definition) is 2. The Morgan fingerprint density at radius 3 is 2.28 bits per heavy atom. The van der Waals surface area contributed by atoms with Gasteiger partial charge in [0.2, 0.25) is 11.1 Å². The number of aromatic amines is 1. The van der Waals surface area contributed by atoms with Gasteiger partial charge in [0.15, 0.2) is 5.82 Å². The minimum Gasteiger partial charge on any atom is -0.325 e. The molecule has 4 aromatic rings. The molecule has 5 nitrogen and oxygen atoms in total. The van der Waals surface area contributed by atoms with Gasteiger partial charge in [-0.05, 0) is 24.6 Å². The lowest BCUT2D eigenvalue weighted by Gasteiger charge is -2.15. The third-order valence-electron chi connectivity index (χ3n) is 4.39. The smallest absolute Gasteiger partial charge is 0.242 e. The number of aryl methyl sites for hydroxylation is 1. The van der Waals surface area contributed by atoms with Crippen LogP contribution in [0.25, 0.3) is 11.4 Å². The van der Waals surface area contributed by atoms with Crippen LogP contribution >= 0.6 is 11.8 Å². The highest BCUT2D eigenvalue weighted by Gasteiger charge is 2.24. The second-order valence-corrected chi connectivity index (χ2v) is 7.67. The van der Waals surface area contributed by atoms with Crippen LogP contribution < -0.4 is 5.32 Å². The van der Waals surface area contributed by atoms with Crippen molar-refractivity contribution in [3.05, 3.63) is 96.1 Å². The normalized spacial score (nSPS) is 11.8. The molecule has 0 radical (unpaired) electrons. The first-order valence-corrected chi connectivity index (χ1v) is 10.1. The quantitative estimate of drug-likeness (QED) is 0.434. The second-order valence-electron chi connectivity index (χ2n) is 6.60. The zero-order valence-corrected chi connectivity index (χ0v) is 16.7. The number of amides is 1. The lowest BCUT2D eigenvalue weighted by atomic mass is 10.1. The maximum absolute atomic E-state index is 13.1. The predicted octanol–water partition coefficient (Wildman–Crippen LogP) is 5.25. The predicted molar refractivity (Wildman–Crippen MR) is 117 cm³/mol. The van der Waals surface area contributed by atoms with Crippen LogP contribution in [-0.2, 0) is 4.79 Å². The van der Waals surface area contributed by atoms with Crippen molar-refractivity contribution in [1.29, 1.82) is 0 Å². The molecule has 4 rings (SSSR count). The Balaban J connectivity index is 1.57. The summed E-state index contributed by atoms with van der Waals surface area (Å²) in [5.74, 6) is 0.565. The molecule has 0 aliphatic carbocycles. The minimum absolute atomic E-state index is 0.115. The maximum Gasteiger partial charge on any atom is 0.242 e. The van der Waals surface area contributed by atoms with E-state index in [1.807, 2.05) is 91.9 Å². The van der Waals surface area contributed by atoms with Crippen molar-refractivity contribution in [1.82, 2.24) is 15.2 Å². The fourth-order valence-electron chi connectivity index (χ4n) is 2.88. The number of thioether (sulfide) groups is 1. The fourth-order valence-corrected chi connectivity index (χ4v) is 3.79. The number of carbonyl (C=O) groups is 1. The maximum atomic E-state index is 13.1. The molecule has 0 saturated heterocycles. The Bertz CT molecular complexity index is 1080. The molecule has 0 bridgehead atoms. The highest BCUT2D eigenvalue weighted by molar-refractivity contribution is 8.00. The zero-order chi connectivity index (χ0) is 20.1. The van der Waals surface area contributed by atoms with Gasteiger partial charge in [-0.1, -0.05) is 90.1 Å². The molecule has 0 fully saturated rings. The number of nitrogens with one attached hydrogen (secondary N) is 2. The van der Waals surface area contributed by atoms with E-state index in [9.17, 15) is 4.79 Å². The Labute approximate surface area is 173 Å². The number of anilines is 1. The lowest BCUT2D eigenvalue weighted by Crippen LogP contribution is -2.19. The third-order valence-corrected chi connectivity index (χ3v) is 5.51. The van der Waals surface area contributed by atoms with Crippen molar-refractivity contribution in [2.24, 2.45) is 0 Å². The van der Waals surface area contributed by atoms with Gasteiger partial charge < -0.3 is 5.32 Å². The number of aromatic nitrogens is 3. The molecule has 144 valence electrons. The van der Waals surface area contributed by atoms with Crippen molar-refractivity contribution in [3.8, 4) is 11.4 Å². The molecule has 2 N–H and O–H groups in total. The monoisotopic (exact) mass is 400 g/mol. The first kappa shape index (κ1) is 19.0. The van der Waals surface area contributed by atoms with Gasteiger partial charge in [-0.2, -0.15) is 0 Å². The Morgan fingerprint density at radius 1 is 0.931 bits per heavy atom. The summed E-state index contributed by atoms with van der Waals surface area (Å²) in [6.07, 6.45) is 0. The van der Waals surface area contributed by atoms with E-state index in [1.165, 1.54) is 11.8 Å². The highest BCUT2D eigenvalue weighted by atomic mass is 32.2. The molecule has 1 heterocycles. The zero-order valence-electron chi connectivity index (χ0n) is 15.9. The van der Waals surface area contributed by atoms with Gasteiger partial charge in [0.25, 0.3) is 0 Å². The van der Waals surface area contributed by atoms with Crippen LogP contribution in [0.2, 0.25) is 0 Å². The van der Waals surface area contributed by atoms with Gasteiger partial charge in [0, 0.05) is 11.3 Å². The van der Waals surface area contributed by atoms with Gasteiger partial charge in [0.1, 0.15) is 5.25 Å². The number of rotatable bonds is 6. The van der Waals surface area contributed by atoms with E-state index in [-0.39, 0.29) is 5.91 Å². The molecule has 3 aromatic carbocycles. The largest absolute Gasteiger partial charge is 0.325 e. The van der Waals surface area contributed by atoms with Crippen LogP contribution in [-0.4, -0.2) is 21.1 Å². The Kier molecular flexibility index (Phi) is 5.72. The molecule has 0 saturated carbocycles. The number of carbonyl (C=O) groups excluding carboxylic acids is 1. The molecule has 0 aliphatic heterocycles. The summed E-state index contributed by atoms with van der Waals surface area (Å²) < 4.78 is 0. The summed E-state index contributed by atoms with van der Waals surface area (Å²) in [4.78, 5) is 17.6. The van der Waals surface area contributed by atoms with Crippen LogP contribution in [0.4, 0.5) is 5.69 Å². The summed E-state index contributed by atoms with van der Waals surface area (Å²) in [6.45, 7) is 2.02. The summed E-state index contributed by atoms with van der Waals surface area (Å²) in [5, 5.41) is 10.3. The topological polar surface area (TPSA) is 70.7 Å². The minimum atomic E-state index is -0.475. The average molecular weight is 401 g/mol. The van der Waals surface area contributed by atoms with Crippen LogP contribution in [0, 0.1) is 6.92 Å². The van der Waals surface area contributed by atoms with Crippen LogP contribution in [0.1, 0.15) is 16.4 Å². The molecule has 0 spiro atoms. The third kappa shape index (κ3) is 4.73. The van der Waals surface area contributed by atoms with Gasteiger partial charge >= 0.3 is 0 Å². The Morgan fingerprint density at radius 2 is 1.59 bits per heavy atom. The number of H-pyrrole nitrogens is 1. The van der Waals surface area contributed by atoms with Crippen molar-refractivity contribution >= 4 is 23.4 Å². The molecule has 1 amide bonds. The standard InChI is InChI=1S/C23H20N4OS/c1-16-12-14-19(15-13-16)24-22(28)20(17-8-4-2-5-9-17)29-23-25-21(26-27-23)18-10-6-3-7-11-18/h2-15,20H,1H3,(H,24,28)(H,25,26,27)/t20-/m1/s1. The van der Waals surface area contributed by atoms with Crippen molar-refractivity contribution in [3.63, 3.8) is 0 Å². The molecular formula is C23H20N4OS. The molecular weight excluding hydrogens is 380 g/mol. The summed E-state index contributed by atoms with van der Waals surface area (Å²) >= 11 is 1.32. The molecule has 1 aromatic heterocycles. The van der Waals surface area contributed by atoms with E-state index in [1.54, 1.807) is 0 Å². The van der Waals surface area contributed by atoms with Crippen LogP contribution in [0.15, 0.2) is 90.1 Å². The molecule has 0 aliphatic rings. The lowest BCUT2D eigenvalue weighted by molar-refractivity contribution is -0.115. The van der Waals surface area contributed by atoms with E-state index in [2.05, 4.69) is 20.5 Å². The number of hydrogen-bond acceptors (Lipinski definition) is 4. The van der Waals surface area contributed by atoms with Gasteiger partial charge in [0.05, 0.1) is 0 Å². The summed E-state index contributed by atoms with van der Waals surface area (Å²) in [7, 11) is 0. The van der Waals surface area contributed by atoms with E-state index in [0.717, 1.165) is 22.4 Å². The first-order chi connectivity index (χ1) is 14.2. The molecule has 6 heteroatoms. The first-order valence-electron chi connectivity index (χ1n) is 9.26. The van der Waals surface area contributed by atoms with Crippen molar-refractivity contribution in [2.75, 3.05) is 5.32 Å².